The molecule has 0 aliphatic carbocycles. The van der Waals surface area contributed by atoms with Gasteiger partial charge in [0.25, 0.3) is 5.56 Å². The van der Waals surface area contributed by atoms with Gasteiger partial charge in [0.2, 0.25) is 0 Å². The van der Waals surface area contributed by atoms with Crippen molar-refractivity contribution in [1.82, 2.24) is 14.5 Å². The molecule has 1 aliphatic heterocycles. The summed E-state index contributed by atoms with van der Waals surface area (Å²) in [4.78, 5) is 21.9. The number of methoxy groups -OCH3 is 1. The molecule has 1 saturated heterocycles. The highest BCUT2D eigenvalue weighted by atomic mass is 32.1. The standard InChI is InChI=1S/C25H27N3O2S/c1-30-19-11-9-18(10-12-19)17-21-25(29)28(16-15-27-13-5-2-6-14-27)23-20-7-3-4-8-22(20)31-24(23)26-21/h3-4,7-12H,2,5-6,13-17H2,1H3. The van der Waals surface area contributed by atoms with Crippen molar-refractivity contribution in [1.29, 1.82) is 0 Å². The quantitative estimate of drug-likeness (QED) is 0.442. The van der Waals surface area contributed by atoms with Gasteiger partial charge in [-0.25, -0.2) is 4.98 Å². The minimum Gasteiger partial charge on any atom is -0.497 e. The van der Waals surface area contributed by atoms with Crippen molar-refractivity contribution in [2.75, 3.05) is 26.7 Å². The summed E-state index contributed by atoms with van der Waals surface area (Å²) < 4.78 is 8.42. The number of hydrogen-bond donors (Lipinski definition) is 0. The predicted octanol–water partition coefficient (Wildman–Crippen LogP) is 4.70. The Hall–Kier alpha value is -2.70. The van der Waals surface area contributed by atoms with E-state index in [1.807, 2.05) is 41.0 Å². The number of thiophene rings is 1. The number of nitrogens with zero attached hydrogens (tertiary/aromatic N) is 3. The molecule has 1 aliphatic rings. The third-order valence-electron chi connectivity index (χ3n) is 6.17. The van der Waals surface area contributed by atoms with Crippen LogP contribution in [0.4, 0.5) is 0 Å². The van der Waals surface area contributed by atoms with E-state index in [0.29, 0.717) is 18.7 Å². The Morgan fingerprint density at radius 3 is 2.55 bits per heavy atom. The van der Waals surface area contributed by atoms with Gasteiger partial charge in [0.05, 0.1) is 12.6 Å². The van der Waals surface area contributed by atoms with E-state index in [1.54, 1.807) is 18.4 Å². The largest absolute Gasteiger partial charge is 0.497 e. The van der Waals surface area contributed by atoms with E-state index in [-0.39, 0.29) is 5.56 Å². The van der Waals surface area contributed by atoms with E-state index >= 15 is 0 Å². The molecular formula is C25H27N3O2S. The third-order valence-corrected chi connectivity index (χ3v) is 7.22. The molecule has 0 saturated carbocycles. The second-order valence-electron chi connectivity index (χ2n) is 8.19. The van der Waals surface area contributed by atoms with Crippen LogP contribution in [0.15, 0.2) is 53.3 Å². The number of hydrogen-bond acceptors (Lipinski definition) is 5. The number of ether oxygens (including phenoxy) is 1. The lowest BCUT2D eigenvalue weighted by molar-refractivity contribution is 0.221. The number of fused-ring (bicyclic) bond motifs is 3. The Morgan fingerprint density at radius 1 is 1.00 bits per heavy atom. The van der Waals surface area contributed by atoms with Crippen LogP contribution in [-0.4, -0.2) is 41.2 Å². The van der Waals surface area contributed by atoms with E-state index in [4.69, 9.17) is 9.72 Å². The maximum atomic E-state index is 13.6. The molecule has 31 heavy (non-hydrogen) atoms. The van der Waals surface area contributed by atoms with Crippen LogP contribution in [0.1, 0.15) is 30.5 Å². The predicted molar refractivity (Wildman–Crippen MR) is 127 cm³/mol. The molecule has 5 nitrogen and oxygen atoms in total. The van der Waals surface area contributed by atoms with Crippen LogP contribution in [0.25, 0.3) is 20.4 Å². The molecule has 3 heterocycles. The number of likely N-dealkylation sites (tertiary alicyclic amines) is 1. The van der Waals surface area contributed by atoms with Crippen molar-refractivity contribution in [2.24, 2.45) is 0 Å². The Bertz CT molecular complexity index is 1250. The summed E-state index contributed by atoms with van der Waals surface area (Å²) in [5.74, 6) is 0.815. The Balaban J connectivity index is 1.56. The molecule has 2 aromatic heterocycles. The van der Waals surface area contributed by atoms with Gasteiger partial charge in [0, 0.05) is 29.6 Å². The first-order valence-electron chi connectivity index (χ1n) is 11.0. The smallest absolute Gasteiger partial charge is 0.273 e. The second-order valence-corrected chi connectivity index (χ2v) is 9.23. The highest BCUT2D eigenvalue weighted by Gasteiger charge is 2.18. The Kier molecular flexibility index (Phi) is 5.74. The second kappa shape index (κ2) is 8.81. The van der Waals surface area contributed by atoms with Gasteiger partial charge in [0.1, 0.15) is 16.3 Å². The minimum atomic E-state index is 0.0314. The van der Waals surface area contributed by atoms with Gasteiger partial charge < -0.3 is 14.2 Å². The van der Waals surface area contributed by atoms with Crippen LogP contribution < -0.4 is 10.3 Å². The van der Waals surface area contributed by atoms with Crippen molar-refractivity contribution < 1.29 is 4.74 Å². The molecule has 160 valence electrons. The lowest BCUT2D eigenvalue weighted by Gasteiger charge is -2.26. The molecule has 0 bridgehead atoms. The maximum absolute atomic E-state index is 13.6. The van der Waals surface area contributed by atoms with Crippen LogP contribution in [0.5, 0.6) is 5.75 Å². The molecular weight excluding hydrogens is 406 g/mol. The monoisotopic (exact) mass is 433 g/mol. The first-order chi connectivity index (χ1) is 15.2. The molecule has 5 rings (SSSR count). The Morgan fingerprint density at radius 2 is 1.77 bits per heavy atom. The first kappa shape index (κ1) is 20.2. The van der Waals surface area contributed by atoms with Crippen molar-refractivity contribution >= 4 is 31.8 Å². The van der Waals surface area contributed by atoms with Gasteiger partial charge in [-0.3, -0.25) is 4.79 Å². The summed E-state index contributed by atoms with van der Waals surface area (Å²) in [7, 11) is 1.66. The minimum absolute atomic E-state index is 0.0314. The van der Waals surface area contributed by atoms with Crippen LogP contribution in [0, 0.1) is 0 Å². The van der Waals surface area contributed by atoms with E-state index < -0.39 is 0 Å². The molecule has 0 unspecified atom stereocenters. The summed E-state index contributed by atoms with van der Waals surface area (Å²) in [5.41, 5.74) is 2.70. The van der Waals surface area contributed by atoms with E-state index in [1.165, 1.54) is 24.0 Å². The van der Waals surface area contributed by atoms with E-state index in [0.717, 1.165) is 46.7 Å². The van der Waals surface area contributed by atoms with Gasteiger partial charge in [-0.05, 0) is 49.7 Å². The van der Waals surface area contributed by atoms with Crippen molar-refractivity contribution in [3.8, 4) is 5.75 Å². The zero-order valence-corrected chi connectivity index (χ0v) is 18.7. The first-order valence-corrected chi connectivity index (χ1v) is 11.8. The summed E-state index contributed by atoms with van der Waals surface area (Å²) >= 11 is 1.67. The van der Waals surface area contributed by atoms with Gasteiger partial charge in [-0.2, -0.15) is 0 Å². The lowest BCUT2D eigenvalue weighted by atomic mass is 10.1. The molecule has 4 aromatic rings. The fourth-order valence-corrected chi connectivity index (χ4v) is 5.58. The Labute approximate surface area is 185 Å². The molecule has 0 atom stereocenters. The average Bonchev–Trinajstić information content (AvgIpc) is 3.18. The fourth-order valence-electron chi connectivity index (χ4n) is 4.47. The number of rotatable bonds is 6. The average molecular weight is 434 g/mol. The van der Waals surface area contributed by atoms with Crippen molar-refractivity contribution in [2.45, 2.75) is 32.2 Å². The van der Waals surface area contributed by atoms with Crippen LogP contribution in [-0.2, 0) is 13.0 Å². The third kappa shape index (κ3) is 4.10. The van der Waals surface area contributed by atoms with Gasteiger partial charge in [0.15, 0.2) is 0 Å². The summed E-state index contributed by atoms with van der Waals surface area (Å²) in [5, 5.41) is 1.13. The zero-order chi connectivity index (χ0) is 21.2. The molecule has 6 heteroatoms. The van der Waals surface area contributed by atoms with Crippen LogP contribution in [0.3, 0.4) is 0 Å². The number of aromatic nitrogens is 2. The molecule has 1 fully saturated rings. The zero-order valence-electron chi connectivity index (χ0n) is 17.8. The van der Waals surface area contributed by atoms with Gasteiger partial charge in [-0.1, -0.05) is 36.8 Å². The SMILES string of the molecule is COc1ccc(Cc2nc3sc4ccccc4c3n(CCN3CCCCC3)c2=O)cc1. The molecule has 0 N–H and O–H groups in total. The van der Waals surface area contributed by atoms with Crippen LogP contribution >= 0.6 is 11.3 Å². The van der Waals surface area contributed by atoms with Crippen molar-refractivity contribution in [3.63, 3.8) is 0 Å². The van der Waals surface area contributed by atoms with E-state index in [2.05, 4.69) is 17.0 Å². The van der Waals surface area contributed by atoms with Gasteiger partial charge >= 0.3 is 0 Å². The molecule has 0 radical (unpaired) electrons. The van der Waals surface area contributed by atoms with Crippen molar-refractivity contribution in [3.05, 3.63) is 70.1 Å². The molecule has 0 amide bonds. The van der Waals surface area contributed by atoms with Gasteiger partial charge in [-0.15, -0.1) is 11.3 Å². The molecule has 2 aromatic carbocycles. The molecule has 0 spiro atoms. The highest BCUT2D eigenvalue weighted by molar-refractivity contribution is 7.25. The topological polar surface area (TPSA) is 47.4 Å². The summed E-state index contributed by atoms with van der Waals surface area (Å²) in [6, 6.07) is 16.2. The number of benzene rings is 2. The van der Waals surface area contributed by atoms with E-state index in [9.17, 15) is 4.79 Å². The number of piperidine rings is 1. The maximum Gasteiger partial charge on any atom is 0.273 e. The lowest BCUT2D eigenvalue weighted by Crippen LogP contribution is -2.35. The fraction of sp³-hybridized carbons (Fsp3) is 0.360. The summed E-state index contributed by atoms with van der Waals surface area (Å²) in [6.07, 6.45) is 4.35. The normalized spacial score (nSPS) is 15.0. The summed E-state index contributed by atoms with van der Waals surface area (Å²) in [6.45, 7) is 3.87. The van der Waals surface area contributed by atoms with Crippen LogP contribution in [0.2, 0.25) is 0 Å². The highest BCUT2D eigenvalue weighted by Crippen LogP contribution is 2.32.